The van der Waals surface area contributed by atoms with Crippen molar-refractivity contribution in [2.45, 2.75) is 38.5 Å². The van der Waals surface area contributed by atoms with Crippen LogP contribution in [0.4, 0.5) is 0 Å². The van der Waals surface area contributed by atoms with Gasteiger partial charge in [-0.15, -0.1) is 0 Å². The van der Waals surface area contributed by atoms with Crippen LogP contribution in [0.3, 0.4) is 0 Å². The van der Waals surface area contributed by atoms with Crippen molar-refractivity contribution in [2.75, 3.05) is 7.11 Å². The van der Waals surface area contributed by atoms with Gasteiger partial charge in [0.1, 0.15) is 6.42 Å². The fraction of sp³-hybridized carbons (Fsp3) is 0.583. The highest BCUT2D eigenvalue weighted by Crippen LogP contribution is 2.19. The molecule has 2 heteroatoms. The summed E-state index contributed by atoms with van der Waals surface area (Å²) in [5.41, 5.74) is 1.42. The average molecular weight is 192 g/mol. The highest BCUT2D eigenvalue weighted by atomic mass is 16.5. The summed E-state index contributed by atoms with van der Waals surface area (Å²) in [5.74, 6) is 5.56. The number of methoxy groups -OCH3 is 1. The number of hydrogen-bond acceptors (Lipinski definition) is 2. The van der Waals surface area contributed by atoms with E-state index in [1.165, 1.54) is 38.4 Å². The lowest BCUT2D eigenvalue weighted by molar-refractivity contribution is -0.139. The molecular formula is C12H16O2. The maximum Gasteiger partial charge on any atom is 0.317 e. The Morgan fingerprint density at radius 1 is 1.50 bits per heavy atom. The van der Waals surface area contributed by atoms with Crippen LogP contribution < -0.4 is 0 Å². The molecule has 0 aromatic heterocycles. The van der Waals surface area contributed by atoms with Crippen LogP contribution in [0.2, 0.25) is 0 Å². The molecule has 1 aliphatic carbocycles. The zero-order chi connectivity index (χ0) is 10.2. The Morgan fingerprint density at radius 2 is 2.36 bits per heavy atom. The van der Waals surface area contributed by atoms with Crippen molar-refractivity contribution in [3.8, 4) is 11.8 Å². The third-order valence-corrected chi connectivity index (χ3v) is 2.29. The van der Waals surface area contributed by atoms with E-state index in [2.05, 4.69) is 22.7 Å². The predicted molar refractivity (Wildman–Crippen MR) is 55.6 cm³/mol. The van der Waals surface area contributed by atoms with E-state index in [1.807, 2.05) is 0 Å². The van der Waals surface area contributed by atoms with Crippen LogP contribution >= 0.6 is 0 Å². The van der Waals surface area contributed by atoms with E-state index in [4.69, 9.17) is 0 Å². The maximum atomic E-state index is 10.7. The largest absolute Gasteiger partial charge is 0.468 e. The first-order chi connectivity index (χ1) is 6.83. The van der Waals surface area contributed by atoms with E-state index in [-0.39, 0.29) is 12.4 Å². The summed E-state index contributed by atoms with van der Waals surface area (Å²) in [6.45, 7) is 0. The normalized spacial score (nSPS) is 15.1. The van der Waals surface area contributed by atoms with Gasteiger partial charge in [-0.25, -0.2) is 0 Å². The van der Waals surface area contributed by atoms with E-state index in [0.29, 0.717) is 0 Å². The summed E-state index contributed by atoms with van der Waals surface area (Å²) in [6, 6.07) is 0. The summed E-state index contributed by atoms with van der Waals surface area (Å²) < 4.78 is 4.49. The monoisotopic (exact) mass is 192 g/mol. The zero-order valence-corrected chi connectivity index (χ0v) is 8.64. The lowest BCUT2D eigenvalue weighted by atomic mass is 9.97. The molecule has 76 valence electrons. The molecule has 0 aliphatic heterocycles. The molecule has 0 heterocycles. The molecule has 0 saturated heterocycles. The fourth-order valence-electron chi connectivity index (χ4n) is 1.45. The minimum atomic E-state index is -0.255. The third kappa shape index (κ3) is 4.13. The van der Waals surface area contributed by atoms with E-state index in [1.54, 1.807) is 0 Å². The van der Waals surface area contributed by atoms with Gasteiger partial charge in [-0.1, -0.05) is 23.5 Å². The van der Waals surface area contributed by atoms with Gasteiger partial charge in [-0.3, -0.25) is 4.79 Å². The minimum Gasteiger partial charge on any atom is -0.468 e. The molecule has 2 nitrogen and oxygen atoms in total. The van der Waals surface area contributed by atoms with Crippen LogP contribution in [0.15, 0.2) is 11.6 Å². The van der Waals surface area contributed by atoms with Gasteiger partial charge in [0.15, 0.2) is 0 Å². The number of carbonyl (C=O) groups excluding carboxylic acids is 1. The molecule has 0 spiro atoms. The smallest absolute Gasteiger partial charge is 0.317 e. The summed E-state index contributed by atoms with van der Waals surface area (Å²) in [5, 5.41) is 0. The number of hydrogen-bond donors (Lipinski definition) is 0. The Hall–Kier alpha value is -1.23. The van der Waals surface area contributed by atoms with Crippen molar-refractivity contribution >= 4 is 5.97 Å². The lowest BCUT2D eigenvalue weighted by Crippen LogP contribution is -1.97. The predicted octanol–water partition coefficient (Wildman–Crippen LogP) is 2.44. The van der Waals surface area contributed by atoms with Crippen molar-refractivity contribution < 1.29 is 9.53 Å². The van der Waals surface area contributed by atoms with Gasteiger partial charge in [-0.2, -0.15) is 0 Å². The Morgan fingerprint density at radius 3 is 3.00 bits per heavy atom. The van der Waals surface area contributed by atoms with Gasteiger partial charge in [0.2, 0.25) is 0 Å². The minimum absolute atomic E-state index is 0.212. The zero-order valence-electron chi connectivity index (χ0n) is 8.64. The molecule has 0 fully saturated rings. The van der Waals surface area contributed by atoms with Crippen LogP contribution in [0.1, 0.15) is 38.5 Å². The molecule has 1 rings (SSSR count). The topological polar surface area (TPSA) is 26.3 Å². The van der Waals surface area contributed by atoms with Gasteiger partial charge in [0.25, 0.3) is 0 Å². The first kappa shape index (κ1) is 10.8. The quantitative estimate of drug-likeness (QED) is 0.381. The molecule has 0 bridgehead atoms. The van der Waals surface area contributed by atoms with Crippen molar-refractivity contribution in [3.63, 3.8) is 0 Å². The van der Waals surface area contributed by atoms with E-state index >= 15 is 0 Å². The van der Waals surface area contributed by atoms with Gasteiger partial charge in [0.05, 0.1) is 7.11 Å². The number of carbonyl (C=O) groups is 1. The number of allylic oxidation sites excluding steroid dienone is 2. The molecular weight excluding hydrogens is 176 g/mol. The van der Waals surface area contributed by atoms with E-state index in [9.17, 15) is 4.79 Å². The average Bonchev–Trinajstić information content (AvgIpc) is 2.25. The highest BCUT2D eigenvalue weighted by Gasteiger charge is 2.01. The molecule has 0 atom stereocenters. The number of ether oxygens (including phenoxy) is 1. The second-order valence-corrected chi connectivity index (χ2v) is 3.39. The van der Waals surface area contributed by atoms with Gasteiger partial charge in [0, 0.05) is 6.42 Å². The highest BCUT2D eigenvalue weighted by molar-refractivity contribution is 5.72. The van der Waals surface area contributed by atoms with Crippen LogP contribution in [-0.2, 0) is 9.53 Å². The second-order valence-electron chi connectivity index (χ2n) is 3.39. The summed E-state index contributed by atoms with van der Waals surface area (Å²) in [6.07, 6.45) is 8.25. The number of esters is 1. The Labute approximate surface area is 85.3 Å². The summed E-state index contributed by atoms with van der Waals surface area (Å²) in [7, 11) is 1.38. The second kappa shape index (κ2) is 6.26. The Balaban J connectivity index is 2.24. The summed E-state index contributed by atoms with van der Waals surface area (Å²) >= 11 is 0. The van der Waals surface area contributed by atoms with Crippen molar-refractivity contribution in [3.05, 3.63) is 11.6 Å². The molecule has 0 aromatic carbocycles. The molecule has 0 saturated carbocycles. The van der Waals surface area contributed by atoms with Crippen LogP contribution in [0, 0.1) is 11.8 Å². The molecule has 0 unspecified atom stereocenters. The molecule has 14 heavy (non-hydrogen) atoms. The Kier molecular flexibility index (Phi) is 4.85. The third-order valence-electron chi connectivity index (χ3n) is 2.29. The molecule has 0 amide bonds. The SMILES string of the molecule is COC(=O)CC#CCC1=CCCCC1. The Bertz CT molecular complexity index is 278. The van der Waals surface area contributed by atoms with E-state index < -0.39 is 0 Å². The summed E-state index contributed by atoms with van der Waals surface area (Å²) in [4.78, 5) is 10.7. The first-order valence-electron chi connectivity index (χ1n) is 5.03. The standard InChI is InChI=1S/C12H16O2/c1-14-12(13)10-6-5-9-11-7-3-2-4-8-11/h7H,2-4,8-10H2,1H3. The maximum absolute atomic E-state index is 10.7. The van der Waals surface area contributed by atoms with Gasteiger partial charge >= 0.3 is 5.97 Å². The van der Waals surface area contributed by atoms with Crippen LogP contribution in [0.25, 0.3) is 0 Å². The van der Waals surface area contributed by atoms with Gasteiger partial charge < -0.3 is 4.74 Å². The molecule has 1 aliphatic rings. The lowest BCUT2D eigenvalue weighted by Gasteiger charge is -2.08. The van der Waals surface area contributed by atoms with Crippen LogP contribution in [-0.4, -0.2) is 13.1 Å². The van der Waals surface area contributed by atoms with E-state index in [0.717, 1.165) is 6.42 Å². The first-order valence-corrected chi connectivity index (χ1v) is 5.03. The fourth-order valence-corrected chi connectivity index (χ4v) is 1.45. The van der Waals surface area contributed by atoms with Crippen molar-refractivity contribution in [1.29, 1.82) is 0 Å². The molecule has 0 radical (unpaired) electrons. The number of rotatable bonds is 2. The van der Waals surface area contributed by atoms with Crippen molar-refractivity contribution in [1.82, 2.24) is 0 Å². The van der Waals surface area contributed by atoms with Gasteiger partial charge in [-0.05, 0) is 25.7 Å². The molecule has 0 N–H and O–H groups in total. The van der Waals surface area contributed by atoms with Crippen LogP contribution in [0.5, 0.6) is 0 Å². The van der Waals surface area contributed by atoms with Crippen molar-refractivity contribution in [2.24, 2.45) is 0 Å². The molecule has 0 aromatic rings.